The first-order valence-corrected chi connectivity index (χ1v) is 6.45. The molecule has 1 aliphatic rings. The molecule has 3 atom stereocenters. The number of aliphatic hydroxyl groups excluding tert-OH is 2. The molecule has 1 aliphatic heterocycles. The maximum absolute atomic E-state index is 12.1. The van der Waals surface area contributed by atoms with E-state index in [-0.39, 0.29) is 12.5 Å². The summed E-state index contributed by atoms with van der Waals surface area (Å²) >= 11 is 0. The fraction of sp³-hybridized carbons (Fsp3) is 0.500. The quantitative estimate of drug-likeness (QED) is 0.603. The number of amides is 1. The third-order valence-corrected chi connectivity index (χ3v) is 3.55. The summed E-state index contributed by atoms with van der Waals surface area (Å²) in [6.45, 7) is 2.03. The van der Waals surface area contributed by atoms with Gasteiger partial charge in [0.15, 0.2) is 0 Å². The predicted molar refractivity (Wildman–Crippen MR) is 71.4 cm³/mol. The smallest absolute Gasteiger partial charge is 0.238 e. The Morgan fingerprint density at radius 2 is 2.16 bits per heavy atom. The first kappa shape index (κ1) is 14.0. The second-order valence-electron chi connectivity index (χ2n) is 5.20. The molecular weight excluding hydrogens is 244 g/mol. The molecule has 0 spiro atoms. The van der Waals surface area contributed by atoms with Crippen molar-refractivity contribution >= 4 is 5.91 Å². The van der Waals surface area contributed by atoms with Crippen molar-refractivity contribution in [2.45, 2.75) is 31.0 Å². The van der Waals surface area contributed by atoms with E-state index in [1.807, 2.05) is 30.3 Å². The summed E-state index contributed by atoms with van der Waals surface area (Å²) in [5.41, 5.74) is 0.0394. The van der Waals surface area contributed by atoms with E-state index in [1.54, 1.807) is 6.92 Å². The minimum absolute atomic E-state index is 0.183. The number of carbonyl (C=O) groups excluding carboxylic acids is 1. The van der Waals surface area contributed by atoms with Crippen LogP contribution >= 0.6 is 0 Å². The molecule has 1 aromatic carbocycles. The zero-order chi connectivity index (χ0) is 13.9. The Morgan fingerprint density at radius 3 is 2.68 bits per heavy atom. The van der Waals surface area contributed by atoms with Crippen molar-refractivity contribution in [1.82, 2.24) is 10.6 Å². The van der Waals surface area contributed by atoms with Crippen molar-refractivity contribution in [3.05, 3.63) is 35.9 Å². The lowest BCUT2D eigenvalue weighted by Crippen LogP contribution is -2.52. The van der Waals surface area contributed by atoms with E-state index < -0.39 is 17.7 Å². The Labute approximate surface area is 112 Å². The summed E-state index contributed by atoms with van der Waals surface area (Å²) in [6, 6.07) is 8.96. The zero-order valence-electron chi connectivity index (χ0n) is 11.0. The molecule has 104 valence electrons. The highest BCUT2D eigenvalue weighted by molar-refractivity contribution is 5.83. The summed E-state index contributed by atoms with van der Waals surface area (Å²) in [5, 5.41) is 24.8. The van der Waals surface area contributed by atoms with E-state index in [0.29, 0.717) is 13.0 Å². The molecule has 0 bridgehead atoms. The zero-order valence-corrected chi connectivity index (χ0v) is 11.0. The van der Waals surface area contributed by atoms with Gasteiger partial charge in [0.25, 0.3) is 0 Å². The van der Waals surface area contributed by atoms with Gasteiger partial charge in [0.2, 0.25) is 5.91 Å². The Balaban J connectivity index is 2.08. The van der Waals surface area contributed by atoms with Crippen LogP contribution in [0.25, 0.3) is 0 Å². The fourth-order valence-electron chi connectivity index (χ4n) is 2.28. The molecule has 0 radical (unpaired) electrons. The van der Waals surface area contributed by atoms with Crippen LogP contribution in [-0.4, -0.2) is 41.4 Å². The number of nitrogens with one attached hydrogen (secondary N) is 2. The summed E-state index contributed by atoms with van der Waals surface area (Å²) in [6.07, 6.45) is -0.0739. The number of benzene rings is 1. The van der Waals surface area contributed by atoms with E-state index >= 15 is 0 Å². The first-order chi connectivity index (χ1) is 9.05. The van der Waals surface area contributed by atoms with Gasteiger partial charge in [-0.05, 0) is 18.9 Å². The highest BCUT2D eigenvalue weighted by Crippen LogP contribution is 2.20. The number of rotatable bonds is 4. The van der Waals surface area contributed by atoms with Crippen LogP contribution < -0.4 is 10.6 Å². The molecule has 5 heteroatoms. The van der Waals surface area contributed by atoms with Crippen molar-refractivity contribution in [2.24, 2.45) is 0 Å². The van der Waals surface area contributed by atoms with Crippen LogP contribution in [0.4, 0.5) is 0 Å². The van der Waals surface area contributed by atoms with Crippen LogP contribution in [-0.2, 0) is 10.3 Å². The monoisotopic (exact) mass is 264 g/mol. The molecule has 2 rings (SSSR count). The Bertz CT molecular complexity index is 438. The van der Waals surface area contributed by atoms with Crippen molar-refractivity contribution < 1.29 is 15.0 Å². The van der Waals surface area contributed by atoms with Crippen molar-refractivity contribution in [3.63, 3.8) is 0 Å². The Kier molecular flexibility index (Phi) is 4.19. The first-order valence-electron chi connectivity index (χ1n) is 6.45. The molecule has 0 aliphatic carbocycles. The number of aliphatic hydroxyl groups is 2. The molecule has 19 heavy (non-hydrogen) atoms. The van der Waals surface area contributed by atoms with Gasteiger partial charge in [-0.1, -0.05) is 30.3 Å². The fourth-order valence-corrected chi connectivity index (χ4v) is 2.28. The molecule has 1 aromatic rings. The second-order valence-corrected chi connectivity index (χ2v) is 5.20. The summed E-state index contributed by atoms with van der Waals surface area (Å²) in [7, 11) is 0. The van der Waals surface area contributed by atoms with Crippen LogP contribution in [0, 0.1) is 0 Å². The van der Waals surface area contributed by atoms with Crippen LogP contribution in [0.3, 0.4) is 0 Å². The van der Waals surface area contributed by atoms with Crippen LogP contribution in [0.1, 0.15) is 18.9 Å². The van der Waals surface area contributed by atoms with E-state index in [0.717, 1.165) is 5.56 Å². The SMILES string of the molecule is CC(CO)(NC(=O)C1CC(O)CN1)c1ccccc1. The molecule has 0 aromatic heterocycles. The van der Waals surface area contributed by atoms with Crippen LogP contribution in [0.5, 0.6) is 0 Å². The highest BCUT2D eigenvalue weighted by Gasteiger charge is 2.34. The van der Waals surface area contributed by atoms with Gasteiger partial charge in [-0.3, -0.25) is 4.79 Å². The molecule has 3 unspecified atom stereocenters. The van der Waals surface area contributed by atoms with Gasteiger partial charge in [0, 0.05) is 6.54 Å². The summed E-state index contributed by atoms with van der Waals surface area (Å²) in [4.78, 5) is 12.1. The van der Waals surface area contributed by atoms with Gasteiger partial charge >= 0.3 is 0 Å². The average molecular weight is 264 g/mol. The van der Waals surface area contributed by atoms with Crippen LogP contribution in [0.2, 0.25) is 0 Å². The molecular formula is C14H20N2O3. The minimum atomic E-state index is -0.812. The Hall–Kier alpha value is -1.43. The van der Waals surface area contributed by atoms with Gasteiger partial charge in [-0.2, -0.15) is 0 Å². The predicted octanol–water partition coefficient (Wildman–Crippen LogP) is -0.267. The highest BCUT2D eigenvalue weighted by atomic mass is 16.3. The number of hydrogen-bond donors (Lipinski definition) is 4. The standard InChI is InChI=1S/C14H20N2O3/c1-14(9-17,10-5-3-2-4-6-10)16-13(19)12-7-11(18)8-15-12/h2-6,11-12,15,17-18H,7-9H2,1H3,(H,16,19). The molecule has 1 saturated heterocycles. The van der Waals surface area contributed by atoms with E-state index in [1.165, 1.54) is 0 Å². The average Bonchev–Trinajstić information content (AvgIpc) is 2.86. The van der Waals surface area contributed by atoms with E-state index in [2.05, 4.69) is 10.6 Å². The van der Waals surface area contributed by atoms with Gasteiger partial charge < -0.3 is 20.8 Å². The molecule has 0 saturated carbocycles. The second kappa shape index (κ2) is 5.69. The van der Waals surface area contributed by atoms with E-state index in [4.69, 9.17) is 0 Å². The molecule has 5 nitrogen and oxygen atoms in total. The largest absolute Gasteiger partial charge is 0.394 e. The minimum Gasteiger partial charge on any atom is -0.394 e. The van der Waals surface area contributed by atoms with E-state index in [9.17, 15) is 15.0 Å². The van der Waals surface area contributed by atoms with Gasteiger partial charge in [0.05, 0.1) is 24.3 Å². The maximum Gasteiger partial charge on any atom is 0.238 e. The lowest BCUT2D eigenvalue weighted by Gasteiger charge is -2.30. The summed E-state index contributed by atoms with van der Waals surface area (Å²) in [5.74, 6) is -0.197. The third-order valence-electron chi connectivity index (χ3n) is 3.55. The third kappa shape index (κ3) is 3.12. The lowest BCUT2D eigenvalue weighted by molar-refractivity contribution is -0.125. The maximum atomic E-state index is 12.1. The number of carbonyl (C=O) groups is 1. The summed E-state index contributed by atoms with van der Waals surface area (Å²) < 4.78 is 0. The molecule has 1 amide bonds. The van der Waals surface area contributed by atoms with Gasteiger partial charge in [0.1, 0.15) is 0 Å². The topological polar surface area (TPSA) is 81.6 Å². The molecule has 1 heterocycles. The molecule has 1 fully saturated rings. The normalized spacial score (nSPS) is 25.8. The molecule has 4 N–H and O–H groups in total. The Morgan fingerprint density at radius 1 is 1.47 bits per heavy atom. The van der Waals surface area contributed by atoms with Crippen molar-refractivity contribution in [2.75, 3.05) is 13.2 Å². The van der Waals surface area contributed by atoms with Gasteiger partial charge in [-0.15, -0.1) is 0 Å². The van der Waals surface area contributed by atoms with Crippen LogP contribution in [0.15, 0.2) is 30.3 Å². The van der Waals surface area contributed by atoms with Gasteiger partial charge in [-0.25, -0.2) is 0 Å². The van der Waals surface area contributed by atoms with Crippen molar-refractivity contribution in [3.8, 4) is 0 Å². The number of β-amino-alcohol motifs (C(OH)–C–C–N with tert-alkyl or cyclic N) is 1. The van der Waals surface area contributed by atoms with Crippen molar-refractivity contribution in [1.29, 1.82) is 0 Å². The number of hydrogen-bond acceptors (Lipinski definition) is 4. The lowest BCUT2D eigenvalue weighted by atomic mass is 9.92.